The minimum Gasteiger partial charge on any atom is -0.483 e. The van der Waals surface area contributed by atoms with Crippen molar-refractivity contribution in [2.24, 2.45) is 13.0 Å². The molecule has 35 heavy (non-hydrogen) atoms. The summed E-state index contributed by atoms with van der Waals surface area (Å²) in [6.45, 7) is 11.4. The fraction of sp³-hybridized carbons (Fsp3) is 0.393. The summed E-state index contributed by atoms with van der Waals surface area (Å²) < 4.78 is 10.3. The van der Waals surface area contributed by atoms with Gasteiger partial charge in [-0.3, -0.25) is 4.79 Å². The average Bonchev–Trinajstić information content (AvgIpc) is 3.38. The number of ether oxygens (including phenoxy) is 1. The van der Waals surface area contributed by atoms with E-state index in [-0.39, 0.29) is 11.9 Å². The molecule has 6 nitrogen and oxygen atoms in total. The fourth-order valence-electron chi connectivity index (χ4n) is 4.20. The summed E-state index contributed by atoms with van der Waals surface area (Å²) in [7, 11) is 1.97. The number of para-hydroxylation sites is 1. The van der Waals surface area contributed by atoms with Gasteiger partial charge in [-0.15, -0.1) is 10.2 Å². The zero-order chi connectivity index (χ0) is 25.1. The second kappa shape index (κ2) is 10.7. The first-order valence-electron chi connectivity index (χ1n) is 12.1. The van der Waals surface area contributed by atoms with Gasteiger partial charge in [0.1, 0.15) is 5.75 Å². The number of aromatic nitrogens is 4. The van der Waals surface area contributed by atoms with E-state index < -0.39 is 0 Å². The minimum atomic E-state index is -0.269. The van der Waals surface area contributed by atoms with Gasteiger partial charge in [0.05, 0.1) is 5.75 Å². The van der Waals surface area contributed by atoms with E-state index in [4.69, 9.17) is 4.74 Å². The van der Waals surface area contributed by atoms with E-state index >= 15 is 0 Å². The Kier molecular flexibility index (Phi) is 7.65. The number of hydrogen-bond donors (Lipinski definition) is 0. The number of nitrogens with zero attached hydrogens (tertiary/aromatic N) is 4. The molecule has 0 aliphatic heterocycles. The van der Waals surface area contributed by atoms with Gasteiger partial charge in [-0.05, 0) is 42.5 Å². The van der Waals surface area contributed by atoms with Gasteiger partial charge in [0.2, 0.25) is 0 Å². The maximum Gasteiger partial charge on any atom is 0.191 e. The number of carbonyl (C=O) groups is 1. The zero-order valence-electron chi connectivity index (χ0n) is 21.4. The molecule has 0 saturated heterocycles. The first kappa shape index (κ1) is 25.0. The van der Waals surface area contributed by atoms with Crippen molar-refractivity contribution >= 4 is 28.4 Å². The van der Waals surface area contributed by atoms with E-state index in [0.29, 0.717) is 17.6 Å². The number of thioether (sulfide) groups is 1. The van der Waals surface area contributed by atoms with Gasteiger partial charge in [-0.2, -0.15) is 0 Å². The van der Waals surface area contributed by atoms with Gasteiger partial charge >= 0.3 is 0 Å². The van der Waals surface area contributed by atoms with Gasteiger partial charge in [0, 0.05) is 36.3 Å². The molecule has 0 aliphatic carbocycles. The molecule has 4 rings (SSSR count). The number of hydrogen-bond acceptors (Lipinski definition) is 5. The van der Waals surface area contributed by atoms with Crippen LogP contribution in [-0.2, 0) is 13.6 Å². The highest BCUT2D eigenvalue weighted by molar-refractivity contribution is 7.99. The van der Waals surface area contributed by atoms with Crippen LogP contribution in [0.25, 0.3) is 10.9 Å². The SMILES string of the molecule is CC(C)Cn1c(SCC(=O)c2cn(C)c3ccccc23)nnc1C(C)Oc1ccc(C(C)C)cc1. The summed E-state index contributed by atoms with van der Waals surface area (Å²) in [5, 5.41) is 10.6. The summed E-state index contributed by atoms with van der Waals surface area (Å²) in [6.07, 6.45) is 1.65. The van der Waals surface area contributed by atoms with Gasteiger partial charge < -0.3 is 13.9 Å². The molecule has 2 aromatic carbocycles. The number of rotatable bonds is 10. The number of fused-ring (bicyclic) bond motifs is 1. The van der Waals surface area contributed by atoms with Crippen molar-refractivity contribution < 1.29 is 9.53 Å². The van der Waals surface area contributed by atoms with Crippen LogP contribution in [-0.4, -0.2) is 30.9 Å². The summed E-state index contributed by atoms with van der Waals surface area (Å²) >= 11 is 1.43. The Morgan fingerprint density at radius 1 is 1.00 bits per heavy atom. The molecule has 2 aromatic heterocycles. The summed E-state index contributed by atoms with van der Waals surface area (Å²) in [6, 6.07) is 16.2. The summed E-state index contributed by atoms with van der Waals surface area (Å²) in [5.74, 6) is 2.84. The third-order valence-electron chi connectivity index (χ3n) is 6.05. The number of aryl methyl sites for hydroxylation is 1. The molecule has 0 fully saturated rings. The van der Waals surface area contributed by atoms with Gasteiger partial charge in [-0.1, -0.05) is 69.8 Å². The van der Waals surface area contributed by atoms with Crippen molar-refractivity contribution in [3.63, 3.8) is 0 Å². The number of Topliss-reactive ketones (excluding diaryl/α,β-unsaturated/α-hetero) is 1. The van der Waals surface area contributed by atoms with Gasteiger partial charge in [0.15, 0.2) is 22.9 Å². The van der Waals surface area contributed by atoms with E-state index in [1.54, 1.807) is 0 Å². The van der Waals surface area contributed by atoms with E-state index in [1.807, 2.05) is 61.1 Å². The fourth-order valence-corrected chi connectivity index (χ4v) is 5.04. The second-order valence-corrected chi connectivity index (χ2v) is 10.7. The van der Waals surface area contributed by atoms with Crippen molar-refractivity contribution in [2.75, 3.05) is 5.75 Å². The highest BCUT2D eigenvalue weighted by Gasteiger charge is 2.22. The maximum absolute atomic E-state index is 13.1. The Morgan fingerprint density at radius 2 is 1.71 bits per heavy atom. The standard InChI is InChI=1S/C28H34N4O2S/c1-18(2)15-32-27(20(5)34-22-13-11-21(12-14-22)19(3)4)29-30-28(32)35-17-26(33)24-16-31(6)25-10-8-7-9-23(24)25/h7-14,16,18-20H,15,17H2,1-6H3. The van der Waals surface area contributed by atoms with Crippen LogP contribution in [0.5, 0.6) is 5.75 Å². The summed E-state index contributed by atoms with van der Waals surface area (Å²) in [4.78, 5) is 13.1. The second-order valence-electron chi connectivity index (χ2n) is 9.71. The van der Waals surface area contributed by atoms with Crippen molar-refractivity contribution in [3.05, 3.63) is 71.7 Å². The molecule has 0 bridgehead atoms. The lowest BCUT2D eigenvalue weighted by atomic mass is 10.0. The van der Waals surface area contributed by atoms with Crippen LogP contribution in [0.2, 0.25) is 0 Å². The largest absolute Gasteiger partial charge is 0.483 e. The minimum absolute atomic E-state index is 0.0852. The molecule has 0 amide bonds. The zero-order valence-corrected chi connectivity index (χ0v) is 22.2. The highest BCUT2D eigenvalue weighted by atomic mass is 32.2. The molecule has 0 N–H and O–H groups in total. The van der Waals surface area contributed by atoms with E-state index in [2.05, 4.69) is 54.6 Å². The molecule has 184 valence electrons. The normalized spacial score (nSPS) is 12.6. The van der Waals surface area contributed by atoms with Crippen molar-refractivity contribution in [1.82, 2.24) is 19.3 Å². The van der Waals surface area contributed by atoms with Crippen LogP contribution < -0.4 is 4.74 Å². The van der Waals surface area contributed by atoms with Crippen LogP contribution in [0.1, 0.15) is 68.4 Å². The van der Waals surface area contributed by atoms with Crippen molar-refractivity contribution in [2.45, 2.75) is 58.3 Å². The number of carbonyl (C=O) groups excluding carboxylic acids is 1. The lowest BCUT2D eigenvalue weighted by molar-refractivity contribution is 0.102. The molecule has 2 heterocycles. The molecule has 0 spiro atoms. The quantitative estimate of drug-likeness (QED) is 0.184. The predicted octanol–water partition coefficient (Wildman–Crippen LogP) is 6.66. The van der Waals surface area contributed by atoms with Gasteiger partial charge in [0.25, 0.3) is 0 Å². The Bertz CT molecular complexity index is 1300. The van der Waals surface area contributed by atoms with Crippen LogP contribution in [0, 0.1) is 5.92 Å². The first-order valence-corrected chi connectivity index (χ1v) is 13.1. The van der Waals surface area contributed by atoms with Gasteiger partial charge in [-0.25, -0.2) is 0 Å². The maximum atomic E-state index is 13.1. The Morgan fingerprint density at radius 3 is 2.40 bits per heavy atom. The molecule has 0 saturated carbocycles. The smallest absolute Gasteiger partial charge is 0.191 e. The van der Waals surface area contributed by atoms with E-state index in [0.717, 1.165) is 39.7 Å². The first-order chi connectivity index (χ1) is 16.7. The van der Waals surface area contributed by atoms with Crippen LogP contribution in [0.3, 0.4) is 0 Å². The van der Waals surface area contributed by atoms with Crippen LogP contribution in [0.15, 0.2) is 59.9 Å². The lowest BCUT2D eigenvalue weighted by Crippen LogP contribution is -2.15. The summed E-state index contributed by atoms with van der Waals surface area (Å²) in [5.41, 5.74) is 3.08. The Labute approximate surface area is 211 Å². The van der Waals surface area contributed by atoms with Crippen LogP contribution in [0.4, 0.5) is 0 Å². The van der Waals surface area contributed by atoms with Crippen LogP contribution >= 0.6 is 11.8 Å². The van der Waals surface area contributed by atoms with Crippen molar-refractivity contribution in [1.29, 1.82) is 0 Å². The Balaban J connectivity index is 1.51. The molecule has 0 aliphatic rings. The Hall–Kier alpha value is -3.06. The molecular formula is C28H34N4O2S. The van der Waals surface area contributed by atoms with Crippen molar-refractivity contribution in [3.8, 4) is 5.75 Å². The van der Waals surface area contributed by atoms with E-state index in [9.17, 15) is 4.79 Å². The average molecular weight is 491 g/mol. The number of ketones is 1. The van der Waals surface area contributed by atoms with E-state index in [1.165, 1.54) is 17.3 Å². The lowest BCUT2D eigenvalue weighted by Gasteiger charge is -2.18. The topological polar surface area (TPSA) is 61.9 Å². The highest BCUT2D eigenvalue weighted by Crippen LogP contribution is 2.28. The molecule has 7 heteroatoms. The molecular weight excluding hydrogens is 456 g/mol. The molecule has 4 aromatic rings. The third kappa shape index (κ3) is 5.61. The predicted molar refractivity (Wildman–Crippen MR) is 142 cm³/mol. The molecule has 1 unspecified atom stereocenters. The third-order valence-corrected chi connectivity index (χ3v) is 7.01. The molecule has 1 atom stereocenters. The number of benzene rings is 2. The monoisotopic (exact) mass is 490 g/mol. The molecule has 0 radical (unpaired) electrons.